The highest BCUT2D eigenvalue weighted by molar-refractivity contribution is 6.12. The van der Waals surface area contributed by atoms with Gasteiger partial charge in [0.2, 0.25) is 5.78 Å². The zero-order chi connectivity index (χ0) is 15.7. The van der Waals surface area contributed by atoms with Crippen molar-refractivity contribution in [2.24, 2.45) is 0 Å². The molecule has 2 heterocycles. The Morgan fingerprint density at radius 1 is 1.27 bits per heavy atom. The zero-order valence-electron chi connectivity index (χ0n) is 12.3. The van der Waals surface area contributed by atoms with Gasteiger partial charge in [0.05, 0.1) is 5.69 Å². The summed E-state index contributed by atoms with van der Waals surface area (Å²) in [4.78, 5) is 17.1. The van der Waals surface area contributed by atoms with E-state index >= 15 is 0 Å². The van der Waals surface area contributed by atoms with Gasteiger partial charge in [-0.2, -0.15) is 5.26 Å². The summed E-state index contributed by atoms with van der Waals surface area (Å²) in [5.41, 5.74) is 1.22. The Balaban J connectivity index is 2.02. The minimum atomic E-state index is -0.341. The summed E-state index contributed by atoms with van der Waals surface area (Å²) in [6, 6.07) is 7.29. The number of ether oxygens (including phenoxy) is 2. The number of fused-ring (bicyclic) bond motifs is 2. The van der Waals surface area contributed by atoms with Gasteiger partial charge in [0.1, 0.15) is 24.9 Å². The SMILES string of the molecule is CN(C)C=C(C#N)C(=O)c1cc2cc3c(cc2[nH]1)OCCO3. The zero-order valence-corrected chi connectivity index (χ0v) is 12.3. The highest BCUT2D eigenvalue weighted by Crippen LogP contribution is 2.34. The van der Waals surface area contributed by atoms with E-state index in [1.165, 1.54) is 6.20 Å². The Morgan fingerprint density at radius 3 is 2.59 bits per heavy atom. The lowest BCUT2D eigenvalue weighted by Crippen LogP contribution is -2.15. The van der Waals surface area contributed by atoms with Crippen LogP contribution in [0.1, 0.15) is 10.5 Å². The standard InChI is InChI=1S/C16H15N3O3/c1-19(2)9-11(8-17)16(20)13-5-10-6-14-15(7-12(10)18-13)22-4-3-21-14/h5-7,9,18H,3-4H2,1-2H3. The Morgan fingerprint density at radius 2 is 1.95 bits per heavy atom. The van der Waals surface area contributed by atoms with E-state index in [1.54, 1.807) is 25.1 Å². The number of nitrogens with zero attached hydrogens (tertiary/aromatic N) is 2. The number of nitriles is 1. The van der Waals surface area contributed by atoms with Crippen molar-refractivity contribution in [2.45, 2.75) is 0 Å². The van der Waals surface area contributed by atoms with Crippen LogP contribution in [0.5, 0.6) is 11.5 Å². The number of aromatic nitrogens is 1. The molecule has 1 aromatic carbocycles. The molecule has 1 aromatic heterocycles. The lowest BCUT2D eigenvalue weighted by Gasteiger charge is -2.17. The van der Waals surface area contributed by atoms with Crippen LogP contribution in [0.2, 0.25) is 0 Å². The van der Waals surface area contributed by atoms with Crippen molar-refractivity contribution in [1.29, 1.82) is 5.26 Å². The Bertz CT molecular complexity index is 769. The van der Waals surface area contributed by atoms with Gasteiger partial charge in [-0.1, -0.05) is 0 Å². The van der Waals surface area contributed by atoms with Crippen LogP contribution >= 0.6 is 0 Å². The van der Waals surface area contributed by atoms with E-state index in [-0.39, 0.29) is 11.4 Å². The maximum atomic E-state index is 12.4. The monoisotopic (exact) mass is 297 g/mol. The van der Waals surface area contributed by atoms with Crippen molar-refractivity contribution in [1.82, 2.24) is 9.88 Å². The van der Waals surface area contributed by atoms with Crippen LogP contribution in [-0.4, -0.2) is 43.0 Å². The number of nitrogens with one attached hydrogen (secondary N) is 1. The number of carbonyl (C=O) groups is 1. The second kappa shape index (κ2) is 5.45. The quantitative estimate of drug-likeness (QED) is 0.533. The molecule has 1 N–H and O–H groups in total. The fraction of sp³-hybridized carbons (Fsp3) is 0.250. The van der Waals surface area contributed by atoms with Crippen LogP contribution in [0.25, 0.3) is 10.9 Å². The number of ketones is 1. The summed E-state index contributed by atoms with van der Waals surface area (Å²) in [5.74, 6) is 0.984. The van der Waals surface area contributed by atoms with Gasteiger partial charge in [-0.25, -0.2) is 0 Å². The Labute approximate surface area is 127 Å². The van der Waals surface area contributed by atoms with Crippen LogP contribution in [0.15, 0.2) is 30.0 Å². The fourth-order valence-corrected chi connectivity index (χ4v) is 2.33. The molecule has 6 heteroatoms. The number of H-pyrrole nitrogens is 1. The molecule has 6 nitrogen and oxygen atoms in total. The summed E-state index contributed by atoms with van der Waals surface area (Å²) >= 11 is 0. The average molecular weight is 297 g/mol. The number of hydrogen-bond donors (Lipinski definition) is 1. The van der Waals surface area contributed by atoms with E-state index in [2.05, 4.69) is 4.98 Å². The van der Waals surface area contributed by atoms with E-state index in [4.69, 9.17) is 14.7 Å². The van der Waals surface area contributed by atoms with Crippen molar-refractivity contribution in [3.63, 3.8) is 0 Å². The van der Waals surface area contributed by atoms with E-state index in [9.17, 15) is 4.79 Å². The highest BCUT2D eigenvalue weighted by atomic mass is 16.6. The van der Waals surface area contributed by atoms with Crippen molar-refractivity contribution < 1.29 is 14.3 Å². The minimum Gasteiger partial charge on any atom is -0.486 e. The van der Waals surface area contributed by atoms with Crippen molar-refractivity contribution in [3.05, 3.63) is 35.7 Å². The third kappa shape index (κ3) is 2.49. The van der Waals surface area contributed by atoms with E-state index < -0.39 is 0 Å². The lowest BCUT2D eigenvalue weighted by molar-refractivity contribution is 0.103. The third-order valence-electron chi connectivity index (χ3n) is 3.28. The van der Waals surface area contributed by atoms with E-state index in [0.29, 0.717) is 30.4 Å². The molecule has 0 spiro atoms. The van der Waals surface area contributed by atoms with Crippen LogP contribution < -0.4 is 9.47 Å². The molecule has 0 amide bonds. The first-order valence-electron chi connectivity index (χ1n) is 6.84. The molecule has 0 atom stereocenters. The number of Topliss-reactive ketones (excluding diaryl/α,β-unsaturated/α-hetero) is 1. The smallest absolute Gasteiger partial charge is 0.221 e. The highest BCUT2D eigenvalue weighted by Gasteiger charge is 2.18. The molecule has 0 saturated heterocycles. The van der Waals surface area contributed by atoms with Gasteiger partial charge in [0.25, 0.3) is 0 Å². The third-order valence-corrected chi connectivity index (χ3v) is 3.28. The topological polar surface area (TPSA) is 78.4 Å². The lowest BCUT2D eigenvalue weighted by atomic mass is 10.1. The first kappa shape index (κ1) is 14.0. The Kier molecular flexibility index (Phi) is 3.47. The van der Waals surface area contributed by atoms with Crippen molar-refractivity contribution in [2.75, 3.05) is 27.3 Å². The second-order valence-electron chi connectivity index (χ2n) is 5.21. The molecule has 1 aliphatic heterocycles. The Hall–Kier alpha value is -2.94. The molecule has 22 heavy (non-hydrogen) atoms. The predicted octanol–water partition coefficient (Wildman–Crippen LogP) is 2.09. The van der Waals surface area contributed by atoms with Crippen LogP contribution in [0.4, 0.5) is 0 Å². The van der Waals surface area contributed by atoms with E-state index in [1.807, 2.05) is 18.2 Å². The molecule has 0 unspecified atom stereocenters. The number of hydrogen-bond acceptors (Lipinski definition) is 5. The molecule has 0 radical (unpaired) electrons. The maximum absolute atomic E-state index is 12.4. The van der Waals surface area contributed by atoms with Crippen LogP contribution in [0, 0.1) is 11.3 Å². The van der Waals surface area contributed by atoms with Gasteiger partial charge in [-0.15, -0.1) is 0 Å². The molecule has 0 bridgehead atoms. The number of rotatable bonds is 3. The average Bonchev–Trinajstić information content (AvgIpc) is 2.92. The van der Waals surface area contributed by atoms with E-state index in [0.717, 1.165) is 10.9 Å². The summed E-state index contributed by atoms with van der Waals surface area (Å²) < 4.78 is 11.1. The molecule has 2 aromatic rings. The van der Waals surface area contributed by atoms with Crippen molar-refractivity contribution >= 4 is 16.7 Å². The molecule has 0 aliphatic carbocycles. The summed E-state index contributed by atoms with van der Waals surface area (Å²) in [5, 5.41) is 9.98. The molecular weight excluding hydrogens is 282 g/mol. The number of aromatic amines is 1. The predicted molar refractivity (Wildman–Crippen MR) is 81.0 cm³/mol. The second-order valence-corrected chi connectivity index (χ2v) is 5.21. The molecule has 0 saturated carbocycles. The van der Waals surface area contributed by atoms with Gasteiger partial charge in [-0.3, -0.25) is 4.79 Å². The van der Waals surface area contributed by atoms with Gasteiger partial charge in [-0.05, 0) is 12.1 Å². The fourth-order valence-electron chi connectivity index (χ4n) is 2.33. The van der Waals surface area contributed by atoms with Gasteiger partial charge < -0.3 is 19.4 Å². The molecule has 112 valence electrons. The largest absolute Gasteiger partial charge is 0.486 e. The minimum absolute atomic E-state index is 0.0776. The maximum Gasteiger partial charge on any atom is 0.221 e. The number of benzene rings is 1. The normalized spacial score (nSPS) is 13.8. The van der Waals surface area contributed by atoms with Gasteiger partial charge in [0.15, 0.2) is 11.5 Å². The number of allylic oxidation sites excluding steroid dienone is 1. The molecule has 3 rings (SSSR count). The van der Waals surface area contributed by atoms with Gasteiger partial charge >= 0.3 is 0 Å². The molecule has 0 fully saturated rings. The number of carbonyl (C=O) groups excluding carboxylic acids is 1. The molecular formula is C16H15N3O3. The summed E-state index contributed by atoms with van der Waals surface area (Å²) in [6.07, 6.45) is 1.51. The first-order valence-corrected chi connectivity index (χ1v) is 6.84. The first-order chi connectivity index (χ1) is 10.6. The molecule has 1 aliphatic rings. The van der Waals surface area contributed by atoms with Crippen molar-refractivity contribution in [3.8, 4) is 17.6 Å². The summed E-state index contributed by atoms with van der Waals surface area (Å²) in [7, 11) is 3.52. The van der Waals surface area contributed by atoms with Crippen LogP contribution in [-0.2, 0) is 0 Å². The van der Waals surface area contributed by atoms with Gasteiger partial charge in [0, 0.05) is 37.3 Å². The van der Waals surface area contributed by atoms with Crippen LogP contribution in [0.3, 0.4) is 0 Å². The summed E-state index contributed by atoms with van der Waals surface area (Å²) in [6.45, 7) is 1.02.